The van der Waals surface area contributed by atoms with Crippen LogP contribution in [0.25, 0.3) is 0 Å². The van der Waals surface area contributed by atoms with E-state index in [1.807, 2.05) is 0 Å². The molecule has 0 aromatic carbocycles. The molecule has 0 N–H and O–H groups in total. The Bertz CT molecular complexity index is 738. The van der Waals surface area contributed by atoms with Crippen molar-refractivity contribution < 1.29 is 132 Å². The van der Waals surface area contributed by atoms with Crippen molar-refractivity contribution >= 4 is 0 Å². The van der Waals surface area contributed by atoms with E-state index in [-0.39, 0.29) is 0 Å². The van der Waals surface area contributed by atoms with Crippen LogP contribution in [0.15, 0.2) is 0 Å². The van der Waals surface area contributed by atoms with Crippen LogP contribution < -0.4 is 0 Å². The van der Waals surface area contributed by atoms with Crippen LogP contribution in [0.4, 0.5) is 132 Å². The van der Waals surface area contributed by atoms with Crippen molar-refractivity contribution in [1.82, 2.24) is 0 Å². The zero-order valence-corrected chi connectivity index (χ0v) is 18.8. The zero-order valence-electron chi connectivity index (χ0n) is 18.8. The molecule has 1 rings (SSSR count). The van der Waals surface area contributed by atoms with E-state index in [4.69, 9.17) is 0 Å². The number of alkyl halides is 30. The molecule has 0 amide bonds. The van der Waals surface area contributed by atoms with Crippen LogP contribution in [-0.4, -0.2) is 88.8 Å². The molecular formula is C15F30. The van der Waals surface area contributed by atoms with Gasteiger partial charge in [-0.25, -0.2) is 0 Å². The van der Waals surface area contributed by atoms with E-state index in [9.17, 15) is 132 Å². The van der Waals surface area contributed by atoms with Crippen LogP contribution in [0, 0.1) is 0 Å². The summed E-state index contributed by atoms with van der Waals surface area (Å²) < 4.78 is 408. The second-order valence-corrected chi connectivity index (χ2v) is 8.62. The third kappa shape index (κ3) is 3.78. The van der Waals surface area contributed by atoms with Gasteiger partial charge < -0.3 is 0 Å². The van der Waals surface area contributed by atoms with Crippen LogP contribution >= 0.6 is 0 Å². The zero-order chi connectivity index (χ0) is 37.5. The Morgan fingerprint density at radius 3 is 0.133 bits per heavy atom. The highest BCUT2D eigenvalue weighted by Crippen LogP contribution is 2.71. The fourth-order valence-corrected chi connectivity index (χ4v) is 2.96. The standard InChI is InChI=1S/C15F30/c16-1(17)2(18,19)4(22,23)6(26,27)8(30,31)10(34,35)12(38,39)14(42,43)15(44,45)13(40,41)11(36,37)9(32,33)7(28,29)5(24,25)3(1,20)21. The summed E-state index contributed by atoms with van der Waals surface area (Å²) >= 11 is 0. The molecular weight excluding hydrogens is 750 g/mol. The van der Waals surface area contributed by atoms with E-state index < -0.39 is 88.8 Å². The fourth-order valence-electron chi connectivity index (χ4n) is 2.96. The van der Waals surface area contributed by atoms with Crippen molar-refractivity contribution in [3.63, 3.8) is 0 Å². The Balaban J connectivity index is 4.79. The molecule has 0 heterocycles. The summed E-state index contributed by atoms with van der Waals surface area (Å²) in [6.07, 6.45) is 0. The summed E-state index contributed by atoms with van der Waals surface area (Å²) in [7, 11) is 0. The predicted molar refractivity (Wildman–Crippen MR) is 74.2 cm³/mol. The minimum atomic E-state index is -9.95. The van der Waals surface area contributed by atoms with Gasteiger partial charge in [0.15, 0.2) is 0 Å². The molecule has 1 aliphatic rings. The summed E-state index contributed by atoms with van der Waals surface area (Å²) in [6, 6.07) is 0. The second kappa shape index (κ2) is 9.07. The number of halogens is 30. The molecule has 1 saturated carbocycles. The molecule has 0 aromatic heterocycles. The van der Waals surface area contributed by atoms with Crippen molar-refractivity contribution in [2.24, 2.45) is 0 Å². The van der Waals surface area contributed by atoms with Crippen molar-refractivity contribution in [2.45, 2.75) is 88.8 Å². The van der Waals surface area contributed by atoms with Crippen molar-refractivity contribution in [3.05, 3.63) is 0 Å². The van der Waals surface area contributed by atoms with Crippen molar-refractivity contribution in [3.8, 4) is 0 Å². The number of hydrogen-bond donors (Lipinski definition) is 0. The van der Waals surface area contributed by atoms with E-state index in [2.05, 4.69) is 0 Å². The van der Waals surface area contributed by atoms with Crippen LogP contribution in [0.3, 0.4) is 0 Å². The normalized spacial score (nSPS) is 34.0. The molecule has 0 unspecified atom stereocenters. The van der Waals surface area contributed by atoms with Gasteiger partial charge in [-0.15, -0.1) is 0 Å². The lowest BCUT2D eigenvalue weighted by Crippen LogP contribution is -2.78. The third-order valence-corrected chi connectivity index (χ3v) is 5.92. The van der Waals surface area contributed by atoms with Gasteiger partial charge in [-0.05, 0) is 0 Å². The van der Waals surface area contributed by atoms with Gasteiger partial charge >= 0.3 is 88.8 Å². The maximum absolute atomic E-state index is 13.6. The molecule has 30 heteroatoms. The molecule has 1 fully saturated rings. The van der Waals surface area contributed by atoms with E-state index in [1.165, 1.54) is 0 Å². The average molecular weight is 750 g/mol. The maximum atomic E-state index is 13.6. The molecule has 0 atom stereocenters. The van der Waals surface area contributed by atoms with Gasteiger partial charge in [-0.3, -0.25) is 0 Å². The summed E-state index contributed by atoms with van der Waals surface area (Å²) in [5.74, 6) is -149. The molecule has 0 nitrogen and oxygen atoms in total. The minimum absolute atomic E-state index is 9.95. The summed E-state index contributed by atoms with van der Waals surface area (Å²) in [5.41, 5.74) is 0. The highest BCUT2D eigenvalue weighted by atomic mass is 19.4. The molecule has 270 valence electrons. The smallest absolute Gasteiger partial charge is 0.192 e. The van der Waals surface area contributed by atoms with Gasteiger partial charge in [0, 0.05) is 0 Å². The van der Waals surface area contributed by atoms with E-state index in [0.29, 0.717) is 0 Å². The first-order chi connectivity index (χ1) is 18.8. The van der Waals surface area contributed by atoms with Crippen LogP contribution in [-0.2, 0) is 0 Å². The Kier molecular flexibility index (Phi) is 8.25. The van der Waals surface area contributed by atoms with E-state index >= 15 is 0 Å². The van der Waals surface area contributed by atoms with Gasteiger partial charge in [0.25, 0.3) is 0 Å². The Morgan fingerprint density at radius 1 is 0.0889 bits per heavy atom. The molecule has 0 radical (unpaired) electrons. The topological polar surface area (TPSA) is 0 Å². The van der Waals surface area contributed by atoms with Crippen LogP contribution in [0.5, 0.6) is 0 Å². The monoisotopic (exact) mass is 750 g/mol. The Hall–Kier alpha value is -2.10. The maximum Gasteiger partial charge on any atom is 0.385 e. The van der Waals surface area contributed by atoms with Gasteiger partial charge in [0.1, 0.15) is 0 Å². The van der Waals surface area contributed by atoms with Gasteiger partial charge in [-0.2, -0.15) is 132 Å². The Morgan fingerprint density at radius 2 is 0.111 bits per heavy atom. The first-order valence-corrected chi connectivity index (χ1v) is 9.42. The second-order valence-electron chi connectivity index (χ2n) is 8.62. The lowest BCUT2D eigenvalue weighted by Gasteiger charge is -2.45. The third-order valence-electron chi connectivity index (χ3n) is 5.92. The lowest BCUT2D eigenvalue weighted by atomic mass is 9.84. The molecule has 0 aliphatic heterocycles. The van der Waals surface area contributed by atoms with E-state index in [0.717, 1.165) is 0 Å². The van der Waals surface area contributed by atoms with Gasteiger partial charge in [-0.1, -0.05) is 0 Å². The first-order valence-electron chi connectivity index (χ1n) is 9.42. The molecule has 0 bridgehead atoms. The van der Waals surface area contributed by atoms with Crippen LogP contribution in [0.1, 0.15) is 0 Å². The SMILES string of the molecule is FC1(F)C(F)(F)C(F)(F)C(F)(F)C(F)(F)C(F)(F)C(F)(F)C(F)(F)C(F)(F)C(F)(F)C(F)(F)C(F)(F)C(F)(F)C(F)(F)C1(F)F. The average Bonchev–Trinajstić information content (AvgIpc) is 2.81. The molecule has 0 aromatic rings. The molecule has 0 spiro atoms. The van der Waals surface area contributed by atoms with Crippen molar-refractivity contribution in [2.75, 3.05) is 0 Å². The molecule has 45 heavy (non-hydrogen) atoms. The predicted octanol–water partition coefficient (Wildman–Crippen LogP) is 9.53. The highest BCUT2D eigenvalue weighted by molar-refractivity contribution is 5.24. The first kappa shape index (κ1) is 40.9. The molecule has 0 saturated heterocycles. The highest BCUT2D eigenvalue weighted by Gasteiger charge is 3.04. The summed E-state index contributed by atoms with van der Waals surface area (Å²) in [6.45, 7) is 0. The van der Waals surface area contributed by atoms with Gasteiger partial charge in [0.2, 0.25) is 0 Å². The van der Waals surface area contributed by atoms with Gasteiger partial charge in [0.05, 0.1) is 0 Å². The quantitative estimate of drug-likeness (QED) is 0.217. The van der Waals surface area contributed by atoms with Crippen molar-refractivity contribution in [1.29, 1.82) is 0 Å². The minimum Gasteiger partial charge on any atom is -0.192 e. The largest absolute Gasteiger partial charge is 0.385 e. The summed E-state index contributed by atoms with van der Waals surface area (Å²) in [5, 5.41) is 0. The van der Waals surface area contributed by atoms with E-state index in [1.54, 1.807) is 0 Å². The summed E-state index contributed by atoms with van der Waals surface area (Å²) in [4.78, 5) is 0. The number of hydrogen-bond acceptors (Lipinski definition) is 0. The molecule has 1 aliphatic carbocycles. The lowest BCUT2D eigenvalue weighted by molar-refractivity contribution is -0.481. The number of rotatable bonds is 0. The van der Waals surface area contributed by atoms with Crippen LogP contribution in [0.2, 0.25) is 0 Å². The Labute approximate surface area is 222 Å². The fraction of sp³-hybridized carbons (Fsp3) is 1.00.